The van der Waals surface area contributed by atoms with Crippen LogP contribution in [0.3, 0.4) is 0 Å². The van der Waals surface area contributed by atoms with Crippen molar-refractivity contribution in [1.29, 1.82) is 0 Å². The van der Waals surface area contributed by atoms with Crippen LogP contribution in [-0.2, 0) is 10.0 Å². The maximum atomic E-state index is 13.3. The third-order valence-electron chi connectivity index (χ3n) is 8.15. The number of hydrogen-bond donors (Lipinski definition) is 2. The standard InChI is InChI=1S/C28H33N5O3S/c1-20-3-9-26(29-15-20)31-24-11-14-33(17-25(24)34)37(35,36)23-7-4-21(5-8-23)22-6-10-27(30-16-22)32-18-28(19-32)12-2-13-28/h3-10,15-16,24-25,34H,2,11-14,17-19H2,1H3,(H,29,31)/t24-,25+/m1/s1. The van der Waals surface area contributed by atoms with Crippen molar-refractivity contribution in [3.05, 3.63) is 66.5 Å². The summed E-state index contributed by atoms with van der Waals surface area (Å²) >= 11 is 0. The number of sulfonamides is 1. The quantitative estimate of drug-likeness (QED) is 0.513. The van der Waals surface area contributed by atoms with E-state index in [1.807, 2.05) is 37.4 Å². The summed E-state index contributed by atoms with van der Waals surface area (Å²) in [7, 11) is -3.71. The van der Waals surface area contributed by atoms with Gasteiger partial charge in [-0.2, -0.15) is 4.31 Å². The Kier molecular flexibility index (Phi) is 6.17. The van der Waals surface area contributed by atoms with Crippen LogP contribution >= 0.6 is 0 Å². The number of piperidine rings is 1. The fraction of sp³-hybridized carbons (Fsp3) is 0.429. The van der Waals surface area contributed by atoms with Gasteiger partial charge < -0.3 is 15.3 Å². The average Bonchev–Trinajstić information content (AvgIpc) is 2.85. The largest absolute Gasteiger partial charge is 0.390 e. The minimum atomic E-state index is -3.71. The molecule has 1 aliphatic carbocycles. The number of benzene rings is 1. The van der Waals surface area contributed by atoms with Crippen LogP contribution in [0, 0.1) is 12.3 Å². The number of β-amino-alcohol motifs (C(OH)–C–C–N with tert-alkyl or cyclic N) is 1. The second-order valence-electron chi connectivity index (χ2n) is 10.8. The van der Waals surface area contributed by atoms with Crippen LogP contribution in [0.25, 0.3) is 11.1 Å². The molecule has 2 N–H and O–H groups in total. The van der Waals surface area contributed by atoms with E-state index < -0.39 is 16.1 Å². The Hall–Kier alpha value is -3.01. The van der Waals surface area contributed by atoms with Gasteiger partial charge in [-0.05, 0) is 67.6 Å². The topological polar surface area (TPSA) is 98.7 Å². The van der Waals surface area contributed by atoms with E-state index in [0.717, 1.165) is 35.6 Å². The first-order valence-corrected chi connectivity index (χ1v) is 14.4. The molecule has 2 aliphatic heterocycles. The minimum Gasteiger partial charge on any atom is -0.390 e. The molecule has 3 aromatic rings. The zero-order valence-electron chi connectivity index (χ0n) is 21.0. The lowest BCUT2D eigenvalue weighted by Gasteiger charge is -2.56. The Balaban J connectivity index is 1.08. The van der Waals surface area contributed by atoms with Crippen LogP contribution < -0.4 is 10.2 Å². The molecule has 3 fully saturated rings. The molecule has 4 heterocycles. The zero-order valence-corrected chi connectivity index (χ0v) is 21.9. The Labute approximate surface area is 218 Å². The molecule has 6 rings (SSSR count). The molecule has 2 saturated heterocycles. The molecule has 0 radical (unpaired) electrons. The summed E-state index contributed by atoms with van der Waals surface area (Å²) in [6.45, 7) is 4.55. The molecular weight excluding hydrogens is 486 g/mol. The fourth-order valence-electron chi connectivity index (χ4n) is 5.66. The Morgan fingerprint density at radius 2 is 1.73 bits per heavy atom. The van der Waals surface area contributed by atoms with E-state index in [1.54, 1.807) is 18.3 Å². The predicted octanol–water partition coefficient (Wildman–Crippen LogP) is 3.68. The monoisotopic (exact) mass is 519 g/mol. The maximum absolute atomic E-state index is 13.3. The summed E-state index contributed by atoms with van der Waals surface area (Å²) in [6.07, 6.45) is 7.32. The van der Waals surface area contributed by atoms with Gasteiger partial charge in [0, 0.05) is 49.6 Å². The molecule has 37 heavy (non-hydrogen) atoms. The predicted molar refractivity (Wildman–Crippen MR) is 144 cm³/mol. The number of aryl methyl sites for hydroxylation is 1. The number of pyridine rings is 2. The smallest absolute Gasteiger partial charge is 0.243 e. The molecule has 0 bridgehead atoms. The molecule has 1 spiro atoms. The van der Waals surface area contributed by atoms with Crippen molar-refractivity contribution in [2.24, 2.45) is 5.41 Å². The molecule has 1 saturated carbocycles. The van der Waals surface area contributed by atoms with Gasteiger partial charge in [-0.15, -0.1) is 0 Å². The second kappa shape index (κ2) is 9.38. The van der Waals surface area contributed by atoms with Gasteiger partial charge in [-0.25, -0.2) is 18.4 Å². The third kappa shape index (κ3) is 4.71. The molecule has 9 heteroatoms. The number of nitrogens with zero attached hydrogens (tertiary/aromatic N) is 4. The van der Waals surface area contributed by atoms with Gasteiger partial charge in [0.2, 0.25) is 10.0 Å². The fourth-order valence-corrected chi connectivity index (χ4v) is 7.14. The van der Waals surface area contributed by atoms with Crippen molar-refractivity contribution in [2.75, 3.05) is 36.4 Å². The van der Waals surface area contributed by atoms with Gasteiger partial charge in [0.25, 0.3) is 0 Å². The summed E-state index contributed by atoms with van der Waals surface area (Å²) in [4.78, 5) is 11.5. The van der Waals surface area contributed by atoms with Crippen molar-refractivity contribution in [1.82, 2.24) is 14.3 Å². The summed E-state index contributed by atoms with van der Waals surface area (Å²) in [5.41, 5.74) is 3.49. The van der Waals surface area contributed by atoms with E-state index in [-0.39, 0.29) is 17.5 Å². The number of anilines is 2. The Morgan fingerprint density at radius 1 is 0.973 bits per heavy atom. The SMILES string of the molecule is Cc1ccc(N[C@@H]2CCN(S(=O)(=O)c3ccc(-c4ccc(N5CC6(CCC6)C5)nc4)cc3)C[C@@H]2O)nc1. The highest BCUT2D eigenvalue weighted by Crippen LogP contribution is 2.49. The number of aromatic nitrogens is 2. The van der Waals surface area contributed by atoms with E-state index in [9.17, 15) is 13.5 Å². The van der Waals surface area contributed by atoms with Crippen LogP contribution in [0.2, 0.25) is 0 Å². The van der Waals surface area contributed by atoms with Crippen LogP contribution in [0.4, 0.5) is 11.6 Å². The maximum Gasteiger partial charge on any atom is 0.243 e. The summed E-state index contributed by atoms with van der Waals surface area (Å²) in [6, 6.07) is 14.6. The van der Waals surface area contributed by atoms with E-state index in [0.29, 0.717) is 24.2 Å². The molecule has 0 amide bonds. The van der Waals surface area contributed by atoms with Crippen LogP contribution in [0.5, 0.6) is 0 Å². The summed E-state index contributed by atoms with van der Waals surface area (Å²) < 4.78 is 27.9. The van der Waals surface area contributed by atoms with E-state index >= 15 is 0 Å². The number of aliphatic hydroxyl groups is 1. The van der Waals surface area contributed by atoms with Gasteiger partial charge in [-0.1, -0.05) is 24.6 Å². The van der Waals surface area contributed by atoms with Crippen molar-refractivity contribution < 1.29 is 13.5 Å². The molecule has 194 valence electrons. The normalized spacial score (nSPS) is 23.4. The number of hydrogen-bond acceptors (Lipinski definition) is 7. The van der Waals surface area contributed by atoms with Gasteiger partial charge in [0.15, 0.2) is 0 Å². The second-order valence-corrected chi connectivity index (χ2v) is 12.8. The number of aliphatic hydroxyl groups excluding tert-OH is 1. The first kappa shape index (κ1) is 24.3. The minimum absolute atomic E-state index is 0.0385. The molecule has 1 aromatic carbocycles. The lowest BCUT2D eigenvalue weighted by Crippen LogP contribution is -2.60. The molecular formula is C28H33N5O3S. The van der Waals surface area contributed by atoms with Crippen molar-refractivity contribution in [3.8, 4) is 11.1 Å². The van der Waals surface area contributed by atoms with Crippen molar-refractivity contribution >= 4 is 21.7 Å². The number of nitrogens with one attached hydrogen (secondary N) is 1. The van der Waals surface area contributed by atoms with Gasteiger partial charge in [0.05, 0.1) is 17.0 Å². The molecule has 8 nitrogen and oxygen atoms in total. The lowest BCUT2D eigenvalue weighted by molar-refractivity contribution is 0.0896. The average molecular weight is 520 g/mol. The molecule has 3 aliphatic rings. The van der Waals surface area contributed by atoms with Gasteiger partial charge in [0.1, 0.15) is 11.6 Å². The third-order valence-corrected chi connectivity index (χ3v) is 10.0. The van der Waals surface area contributed by atoms with Gasteiger partial charge >= 0.3 is 0 Å². The van der Waals surface area contributed by atoms with E-state index in [1.165, 1.54) is 23.6 Å². The zero-order chi connectivity index (χ0) is 25.6. The highest BCUT2D eigenvalue weighted by Gasteiger charge is 2.47. The first-order chi connectivity index (χ1) is 17.8. The highest BCUT2D eigenvalue weighted by atomic mass is 32.2. The summed E-state index contributed by atoms with van der Waals surface area (Å²) in [5.74, 6) is 1.69. The Bertz CT molecular complexity index is 1350. The number of rotatable bonds is 6. The highest BCUT2D eigenvalue weighted by molar-refractivity contribution is 7.89. The van der Waals surface area contributed by atoms with Gasteiger partial charge in [-0.3, -0.25) is 0 Å². The lowest BCUT2D eigenvalue weighted by atomic mass is 9.63. The summed E-state index contributed by atoms with van der Waals surface area (Å²) in [5, 5.41) is 13.9. The van der Waals surface area contributed by atoms with Crippen molar-refractivity contribution in [2.45, 2.75) is 49.6 Å². The Morgan fingerprint density at radius 3 is 2.32 bits per heavy atom. The van der Waals surface area contributed by atoms with Crippen LogP contribution in [-0.4, -0.2) is 66.1 Å². The molecule has 2 aromatic heterocycles. The molecule has 2 atom stereocenters. The molecule has 0 unspecified atom stereocenters. The van der Waals surface area contributed by atoms with Crippen LogP contribution in [0.1, 0.15) is 31.2 Å². The van der Waals surface area contributed by atoms with E-state index in [4.69, 9.17) is 0 Å². The van der Waals surface area contributed by atoms with E-state index in [2.05, 4.69) is 32.3 Å². The van der Waals surface area contributed by atoms with Crippen molar-refractivity contribution in [3.63, 3.8) is 0 Å². The first-order valence-electron chi connectivity index (χ1n) is 13.0. The van der Waals surface area contributed by atoms with Crippen LogP contribution in [0.15, 0.2) is 65.8 Å².